The maximum atomic E-state index is 13.5. The maximum Gasteiger partial charge on any atom is 0.235 e. The molecule has 2 aromatic carbocycles. The Balaban J connectivity index is 1.26. The van der Waals surface area contributed by atoms with Crippen LogP contribution in [0.3, 0.4) is 0 Å². The average Bonchev–Trinajstić information content (AvgIpc) is 3.60. The van der Waals surface area contributed by atoms with Gasteiger partial charge in [0.15, 0.2) is 0 Å². The van der Waals surface area contributed by atoms with Crippen LogP contribution in [0.4, 0.5) is 8.78 Å². The summed E-state index contributed by atoms with van der Waals surface area (Å²) in [4.78, 5) is 17.3. The van der Waals surface area contributed by atoms with Crippen molar-refractivity contribution >= 4 is 17.7 Å². The summed E-state index contributed by atoms with van der Waals surface area (Å²) < 4.78 is 28.9. The summed E-state index contributed by atoms with van der Waals surface area (Å²) in [5.41, 5.74) is 1.87. The zero-order valence-electron chi connectivity index (χ0n) is 18.8. The number of tetrazole rings is 1. The van der Waals surface area contributed by atoms with Crippen LogP contribution < -0.4 is 0 Å². The molecule has 1 aromatic heterocycles. The Morgan fingerprint density at radius 2 is 1.50 bits per heavy atom. The summed E-state index contributed by atoms with van der Waals surface area (Å²) in [6, 6.07) is 13.1. The first-order valence-electron chi connectivity index (χ1n) is 11.5. The Kier molecular flexibility index (Phi) is 6.60. The third kappa shape index (κ3) is 4.97. The van der Waals surface area contributed by atoms with Crippen LogP contribution in [0.5, 0.6) is 0 Å². The molecule has 1 atom stereocenters. The highest BCUT2D eigenvalue weighted by molar-refractivity contribution is 8.00. The molecule has 34 heavy (non-hydrogen) atoms. The Hall–Kier alpha value is -2.85. The molecule has 1 unspecified atom stereocenters. The van der Waals surface area contributed by atoms with Gasteiger partial charge in [0.2, 0.25) is 11.1 Å². The van der Waals surface area contributed by atoms with Gasteiger partial charge in [-0.05, 0) is 65.6 Å². The second kappa shape index (κ2) is 9.79. The number of benzene rings is 2. The first kappa shape index (κ1) is 22.9. The van der Waals surface area contributed by atoms with Crippen molar-refractivity contribution in [2.75, 3.05) is 26.2 Å². The lowest BCUT2D eigenvalue weighted by molar-refractivity contribution is -0.132. The second-order valence-corrected chi connectivity index (χ2v) is 10.1. The Morgan fingerprint density at radius 1 is 0.941 bits per heavy atom. The average molecular weight is 485 g/mol. The van der Waals surface area contributed by atoms with Crippen molar-refractivity contribution in [3.8, 4) is 0 Å². The van der Waals surface area contributed by atoms with Crippen LogP contribution >= 0.6 is 11.8 Å². The molecule has 10 heteroatoms. The van der Waals surface area contributed by atoms with Gasteiger partial charge in [0, 0.05) is 26.2 Å². The minimum atomic E-state index is -0.295. The predicted molar refractivity (Wildman–Crippen MR) is 124 cm³/mol. The molecule has 0 bridgehead atoms. The maximum absolute atomic E-state index is 13.5. The van der Waals surface area contributed by atoms with Crippen molar-refractivity contribution in [1.29, 1.82) is 0 Å². The van der Waals surface area contributed by atoms with Gasteiger partial charge in [-0.15, -0.1) is 5.10 Å². The van der Waals surface area contributed by atoms with E-state index in [0.29, 0.717) is 37.4 Å². The Morgan fingerprint density at radius 3 is 2.03 bits per heavy atom. The number of halogens is 2. The van der Waals surface area contributed by atoms with Crippen molar-refractivity contribution in [3.63, 3.8) is 0 Å². The third-order valence-electron chi connectivity index (χ3n) is 6.35. The van der Waals surface area contributed by atoms with E-state index in [-0.39, 0.29) is 28.8 Å². The van der Waals surface area contributed by atoms with Gasteiger partial charge in [-0.2, -0.15) is 0 Å². The summed E-state index contributed by atoms with van der Waals surface area (Å²) in [6.07, 6.45) is 2.15. The van der Waals surface area contributed by atoms with Gasteiger partial charge >= 0.3 is 0 Å². The summed E-state index contributed by atoms with van der Waals surface area (Å²) in [7, 11) is 0. The third-order valence-corrected chi connectivity index (χ3v) is 7.38. The monoisotopic (exact) mass is 484 g/mol. The number of hydrogen-bond donors (Lipinski definition) is 0. The molecule has 0 radical (unpaired) electrons. The fraction of sp³-hybridized carbons (Fsp3) is 0.417. The van der Waals surface area contributed by atoms with Crippen molar-refractivity contribution in [2.45, 2.75) is 42.3 Å². The van der Waals surface area contributed by atoms with Gasteiger partial charge in [0.25, 0.3) is 0 Å². The lowest BCUT2D eigenvalue weighted by Gasteiger charge is -2.40. The first-order valence-corrected chi connectivity index (χ1v) is 12.4. The lowest BCUT2D eigenvalue weighted by atomic mass is 9.96. The number of amides is 1. The number of piperazine rings is 1. The number of rotatable bonds is 7. The summed E-state index contributed by atoms with van der Waals surface area (Å²) >= 11 is 1.40. The van der Waals surface area contributed by atoms with Gasteiger partial charge < -0.3 is 4.90 Å². The van der Waals surface area contributed by atoms with Gasteiger partial charge in [-0.3, -0.25) is 9.69 Å². The van der Waals surface area contributed by atoms with Crippen LogP contribution in [0.25, 0.3) is 0 Å². The number of thioether (sulfide) groups is 1. The largest absolute Gasteiger partial charge is 0.339 e. The second-order valence-electron chi connectivity index (χ2n) is 8.76. The van der Waals surface area contributed by atoms with E-state index < -0.39 is 0 Å². The fourth-order valence-corrected chi connectivity index (χ4v) is 5.33. The molecule has 2 heterocycles. The molecule has 2 fully saturated rings. The van der Waals surface area contributed by atoms with Gasteiger partial charge in [-0.1, -0.05) is 36.0 Å². The zero-order valence-corrected chi connectivity index (χ0v) is 19.7. The van der Waals surface area contributed by atoms with Gasteiger partial charge in [0.1, 0.15) is 11.6 Å². The highest BCUT2D eigenvalue weighted by atomic mass is 32.2. The fourth-order valence-electron chi connectivity index (χ4n) is 4.38. The van der Waals surface area contributed by atoms with Crippen molar-refractivity contribution in [1.82, 2.24) is 30.0 Å². The topological polar surface area (TPSA) is 67.2 Å². The highest BCUT2D eigenvalue weighted by Gasteiger charge is 2.33. The highest BCUT2D eigenvalue weighted by Crippen LogP contribution is 2.37. The van der Waals surface area contributed by atoms with E-state index in [2.05, 4.69) is 20.4 Å². The Labute approximate surface area is 201 Å². The van der Waals surface area contributed by atoms with Crippen molar-refractivity contribution in [3.05, 3.63) is 71.3 Å². The molecule has 178 valence electrons. The molecule has 1 saturated carbocycles. The van der Waals surface area contributed by atoms with Gasteiger partial charge in [0.05, 0.1) is 17.3 Å². The van der Waals surface area contributed by atoms with E-state index in [4.69, 9.17) is 0 Å². The smallest absolute Gasteiger partial charge is 0.235 e. The molecular formula is C24H26F2N6OS. The molecule has 0 N–H and O–H groups in total. The molecule has 1 aliphatic heterocycles. The van der Waals surface area contributed by atoms with Crippen molar-refractivity contribution in [2.24, 2.45) is 0 Å². The lowest BCUT2D eigenvalue weighted by Crippen LogP contribution is -2.51. The molecule has 2 aliphatic rings. The van der Waals surface area contributed by atoms with E-state index in [1.165, 1.54) is 36.0 Å². The summed E-state index contributed by atoms with van der Waals surface area (Å²) in [5, 5.41) is 12.3. The molecule has 5 rings (SSSR count). The van der Waals surface area contributed by atoms with E-state index in [1.807, 2.05) is 16.5 Å². The normalized spacial score (nSPS) is 17.8. The molecular weight excluding hydrogens is 458 g/mol. The molecule has 1 amide bonds. The molecule has 1 aliphatic carbocycles. The van der Waals surface area contributed by atoms with Gasteiger partial charge in [-0.25, -0.2) is 13.5 Å². The summed E-state index contributed by atoms with van der Waals surface area (Å²) in [5.74, 6) is -0.525. The number of hydrogen-bond acceptors (Lipinski definition) is 6. The minimum Gasteiger partial charge on any atom is -0.339 e. The van der Waals surface area contributed by atoms with E-state index in [0.717, 1.165) is 24.0 Å². The number of carbonyl (C=O) groups excluding carboxylic acids is 1. The SMILES string of the molecule is CC(Sc1nnnn1C1CC1)C(=O)N1CCN(C(c2ccc(F)cc2)c2ccc(F)cc2)CC1. The van der Waals surface area contributed by atoms with Crippen LogP contribution in [-0.2, 0) is 4.79 Å². The van der Waals surface area contributed by atoms with Crippen LogP contribution in [0.2, 0.25) is 0 Å². The molecule has 1 saturated heterocycles. The quantitative estimate of drug-likeness (QED) is 0.477. The zero-order chi connectivity index (χ0) is 23.7. The van der Waals surface area contributed by atoms with E-state index in [1.54, 1.807) is 24.3 Å². The standard InChI is InChI=1S/C24H26F2N6OS/c1-16(34-24-27-28-29-32(24)21-10-11-21)23(33)31-14-12-30(13-15-31)22(17-2-6-19(25)7-3-17)18-4-8-20(26)9-5-18/h2-9,16,21-22H,10-15H2,1H3. The molecule has 0 spiro atoms. The number of aromatic nitrogens is 4. The molecule has 7 nitrogen and oxygen atoms in total. The number of nitrogens with zero attached hydrogens (tertiary/aromatic N) is 6. The minimum absolute atomic E-state index is 0.0649. The Bertz CT molecular complexity index is 1080. The summed E-state index contributed by atoms with van der Waals surface area (Å²) in [6.45, 7) is 4.36. The number of carbonyl (C=O) groups is 1. The van der Waals surface area contributed by atoms with Crippen LogP contribution in [0.15, 0.2) is 53.7 Å². The van der Waals surface area contributed by atoms with E-state index >= 15 is 0 Å². The van der Waals surface area contributed by atoms with Crippen LogP contribution in [-0.4, -0.2) is 67.3 Å². The molecule has 3 aromatic rings. The predicted octanol–water partition coefficient (Wildman–Crippen LogP) is 3.70. The first-order chi connectivity index (χ1) is 16.5. The van der Waals surface area contributed by atoms with Crippen LogP contribution in [0, 0.1) is 11.6 Å². The van der Waals surface area contributed by atoms with Crippen LogP contribution in [0.1, 0.15) is 43.0 Å². The van der Waals surface area contributed by atoms with Crippen molar-refractivity contribution < 1.29 is 13.6 Å². The van der Waals surface area contributed by atoms with E-state index in [9.17, 15) is 13.6 Å².